The molecule has 0 radical (unpaired) electrons. The molecule has 17 nitrogen and oxygen atoms in total. The summed E-state index contributed by atoms with van der Waals surface area (Å²) in [5.41, 5.74) is 4.31. The molecule has 5 atom stereocenters. The summed E-state index contributed by atoms with van der Waals surface area (Å²) in [6.07, 6.45) is 0.328. The van der Waals surface area contributed by atoms with Gasteiger partial charge in [-0.3, -0.25) is 33.6 Å². The first-order valence-corrected chi connectivity index (χ1v) is 17.6. The molecular formula is C31H52N8O9S. The number of nitrogens with zero attached hydrogens (tertiary/aromatic N) is 1. The molecule has 0 spiro atoms. The SMILES string of the molecule is CC(C)C[C@H](NC(=O)OC(C)(C)C)C(=O)N[C@@H]1CSC[C@@H](C(=O)N[C@H](C(=O)NCC(N)=O)C(C)C)NC(=O)CNC(=O)[C@@H]2CCCN2C1=O. The van der Waals surface area contributed by atoms with Crippen molar-refractivity contribution in [3.05, 3.63) is 0 Å². The maximum Gasteiger partial charge on any atom is 0.408 e. The molecule has 2 saturated heterocycles. The molecule has 2 fully saturated rings. The lowest BCUT2D eigenvalue weighted by atomic mass is 10.0. The summed E-state index contributed by atoms with van der Waals surface area (Å²) < 4.78 is 5.34. The number of hydrogen-bond donors (Lipinski definition) is 7. The second-order valence-corrected chi connectivity index (χ2v) is 14.9. The molecule has 2 aliphatic rings. The Balaban J connectivity index is 2.34. The molecule has 8 amide bonds. The average Bonchev–Trinajstić information content (AvgIpc) is 3.48. The standard InChI is InChI=1S/C31H52N8O9S/c1-16(2)11-18(37-30(47)48-31(5,6)7)25(42)36-20-15-49-14-19(26(43)38-24(17(3)4)28(45)33-12-22(32)40)35-23(41)13-34-27(44)21-9-8-10-39(21)29(20)46/h16-21,24H,8-15H2,1-7H3,(H2,32,40)(H,33,45)(H,34,44)(H,35,41)(H,36,42)(H,37,47)(H,38,43)/t18-,19-,20+,21-,24-/m0/s1. The van der Waals surface area contributed by atoms with E-state index in [4.69, 9.17) is 10.5 Å². The minimum Gasteiger partial charge on any atom is -0.444 e. The lowest BCUT2D eigenvalue weighted by Crippen LogP contribution is -2.58. The van der Waals surface area contributed by atoms with Crippen LogP contribution in [0.4, 0.5) is 4.79 Å². The minimum absolute atomic E-state index is 0.0158. The van der Waals surface area contributed by atoms with Gasteiger partial charge in [-0.1, -0.05) is 27.7 Å². The zero-order chi connectivity index (χ0) is 37.1. The number of nitrogens with one attached hydrogen (secondary N) is 6. The van der Waals surface area contributed by atoms with E-state index in [0.29, 0.717) is 12.8 Å². The zero-order valence-corrected chi connectivity index (χ0v) is 30.1. The Morgan fingerprint density at radius 2 is 1.69 bits per heavy atom. The number of fused-ring (bicyclic) bond motifs is 1. The van der Waals surface area contributed by atoms with Gasteiger partial charge in [0.15, 0.2) is 0 Å². The summed E-state index contributed by atoms with van der Waals surface area (Å²) >= 11 is 1.09. The van der Waals surface area contributed by atoms with Gasteiger partial charge in [0.1, 0.15) is 35.8 Å². The van der Waals surface area contributed by atoms with Crippen molar-refractivity contribution in [3.8, 4) is 0 Å². The van der Waals surface area contributed by atoms with Crippen LogP contribution in [0.2, 0.25) is 0 Å². The molecule has 0 aromatic rings. The Bertz CT molecular complexity index is 1260. The zero-order valence-electron chi connectivity index (χ0n) is 29.3. The third kappa shape index (κ3) is 13.7. The number of hydrogen-bond acceptors (Lipinski definition) is 10. The second kappa shape index (κ2) is 18.6. The van der Waals surface area contributed by atoms with Crippen molar-refractivity contribution in [3.63, 3.8) is 0 Å². The fourth-order valence-electron chi connectivity index (χ4n) is 5.19. The van der Waals surface area contributed by atoms with Crippen LogP contribution >= 0.6 is 11.8 Å². The van der Waals surface area contributed by atoms with E-state index in [1.165, 1.54) is 4.90 Å². The largest absolute Gasteiger partial charge is 0.444 e. The minimum atomic E-state index is -1.21. The molecule has 0 aromatic carbocycles. The van der Waals surface area contributed by atoms with Crippen molar-refractivity contribution in [1.29, 1.82) is 0 Å². The van der Waals surface area contributed by atoms with Crippen LogP contribution in [0.15, 0.2) is 0 Å². The third-order valence-corrected chi connectivity index (χ3v) is 8.63. The number of carbonyl (C=O) groups excluding carboxylic acids is 8. The predicted octanol–water partition coefficient (Wildman–Crippen LogP) is -1.51. The van der Waals surface area contributed by atoms with E-state index >= 15 is 0 Å². The van der Waals surface area contributed by atoms with E-state index in [9.17, 15) is 38.4 Å². The molecule has 2 aliphatic heterocycles. The molecule has 2 rings (SSSR count). The van der Waals surface area contributed by atoms with Gasteiger partial charge < -0.3 is 47.3 Å². The molecule has 0 aliphatic carbocycles. The number of alkyl carbamates (subject to hydrolysis) is 1. The fourth-order valence-corrected chi connectivity index (χ4v) is 6.26. The summed E-state index contributed by atoms with van der Waals surface area (Å²) in [7, 11) is 0. The Hall–Kier alpha value is -4.09. The Labute approximate surface area is 291 Å². The van der Waals surface area contributed by atoms with Crippen molar-refractivity contribution in [1.82, 2.24) is 36.8 Å². The number of primary amides is 1. The molecule has 0 unspecified atom stereocenters. The van der Waals surface area contributed by atoms with E-state index < -0.39 is 102 Å². The van der Waals surface area contributed by atoms with Crippen molar-refractivity contribution in [2.24, 2.45) is 17.6 Å². The summed E-state index contributed by atoms with van der Waals surface area (Å²) in [5.74, 6) is -5.08. The van der Waals surface area contributed by atoms with Gasteiger partial charge in [-0.05, 0) is 51.9 Å². The van der Waals surface area contributed by atoms with Gasteiger partial charge in [-0.25, -0.2) is 4.79 Å². The highest BCUT2D eigenvalue weighted by atomic mass is 32.2. The van der Waals surface area contributed by atoms with Gasteiger partial charge >= 0.3 is 6.09 Å². The van der Waals surface area contributed by atoms with Crippen molar-refractivity contribution >= 4 is 59.2 Å². The van der Waals surface area contributed by atoms with Crippen LogP contribution < -0.4 is 37.6 Å². The van der Waals surface area contributed by atoms with E-state index in [2.05, 4.69) is 31.9 Å². The molecular weight excluding hydrogens is 660 g/mol. The first-order chi connectivity index (χ1) is 22.8. The molecule has 0 saturated carbocycles. The van der Waals surface area contributed by atoms with Gasteiger partial charge in [-0.15, -0.1) is 0 Å². The highest BCUT2D eigenvalue weighted by Crippen LogP contribution is 2.21. The molecule has 0 bridgehead atoms. The molecule has 18 heteroatoms. The lowest BCUT2D eigenvalue weighted by Gasteiger charge is -2.30. The van der Waals surface area contributed by atoms with Gasteiger partial charge in [0.25, 0.3) is 0 Å². The van der Waals surface area contributed by atoms with Crippen molar-refractivity contribution in [2.45, 2.75) is 104 Å². The summed E-state index contributed by atoms with van der Waals surface area (Å²) in [6, 6.07) is -5.37. The molecule has 8 N–H and O–H groups in total. The Kier molecular flexibility index (Phi) is 15.6. The first kappa shape index (κ1) is 41.1. The number of rotatable bonds is 11. The third-order valence-electron chi connectivity index (χ3n) is 7.50. The van der Waals surface area contributed by atoms with Gasteiger partial charge in [0, 0.05) is 18.1 Å². The van der Waals surface area contributed by atoms with E-state index in [-0.39, 0.29) is 30.4 Å². The second-order valence-electron chi connectivity index (χ2n) is 13.9. The highest BCUT2D eigenvalue weighted by molar-refractivity contribution is 7.99. The van der Waals surface area contributed by atoms with Crippen LogP contribution in [0, 0.1) is 11.8 Å². The van der Waals surface area contributed by atoms with Crippen LogP contribution in [0.25, 0.3) is 0 Å². The highest BCUT2D eigenvalue weighted by Gasteiger charge is 2.39. The maximum atomic E-state index is 13.9. The quantitative estimate of drug-likeness (QED) is 0.131. The Morgan fingerprint density at radius 1 is 1.02 bits per heavy atom. The normalized spacial score (nSPS) is 21.9. The lowest BCUT2D eigenvalue weighted by molar-refractivity contribution is -0.141. The van der Waals surface area contributed by atoms with Crippen molar-refractivity contribution in [2.75, 3.05) is 31.1 Å². The van der Waals surface area contributed by atoms with Crippen LogP contribution in [-0.2, 0) is 38.3 Å². The number of carbonyl (C=O) groups is 8. The summed E-state index contributed by atoms with van der Waals surface area (Å²) in [6.45, 7) is 11.5. The van der Waals surface area contributed by atoms with Crippen LogP contribution in [-0.4, -0.2) is 119 Å². The van der Waals surface area contributed by atoms with E-state index in [0.717, 1.165) is 11.8 Å². The van der Waals surface area contributed by atoms with E-state index in [1.807, 2.05) is 13.8 Å². The number of ether oxygens (including phenoxy) is 1. The van der Waals surface area contributed by atoms with Gasteiger partial charge in [0.05, 0.1) is 13.1 Å². The number of thioether (sulfide) groups is 1. The Morgan fingerprint density at radius 3 is 2.29 bits per heavy atom. The predicted molar refractivity (Wildman–Crippen MR) is 181 cm³/mol. The smallest absolute Gasteiger partial charge is 0.408 e. The molecule has 276 valence electrons. The first-order valence-electron chi connectivity index (χ1n) is 16.4. The number of amides is 8. The maximum absolute atomic E-state index is 13.9. The summed E-state index contributed by atoms with van der Waals surface area (Å²) in [5, 5.41) is 15.4. The molecule has 49 heavy (non-hydrogen) atoms. The van der Waals surface area contributed by atoms with Gasteiger partial charge in [-0.2, -0.15) is 11.8 Å². The van der Waals surface area contributed by atoms with Gasteiger partial charge in [0.2, 0.25) is 41.4 Å². The van der Waals surface area contributed by atoms with E-state index in [1.54, 1.807) is 34.6 Å². The molecule has 2 heterocycles. The topological polar surface area (TPSA) is 247 Å². The van der Waals surface area contributed by atoms with Crippen LogP contribution in [0.3, 0.4) is 0 Å². The van der Waals surface area contributed by atoms with Crippen LogP contribution in [0.5, 0.6) is 0 Å². The molecule has 0 aromatic heterocycles. The fraction of sp³-hybridized carbons (Fsp3) is 0.742. The average molecular weight is 713 g/mol. The summed E-state index contributed by atoms with van der Waals surface area (Å²) in [4.78, 5) is 105. The number of nitrogens with two attached hydrogens (primary N) is 1. The van der Waals surface area contributed by atoms with Crippen LogP contribution in [0.1, 0.15) is 67.7 Å². The monoisotopic (exact) mass is 712 g/mol. The van der Waals surface area contributed by atoms with Crippen molar-refractivity contribution < 1.29 is 43.1 Å².